The van der Waals surface area contributed by atoms with E-state index >= 15 is 0 Å². The number of carbonyl (C=O) groups is 2. The Labute approximate surface area is 114 Å². The summed E-state index contributed by atoms with van der Waals surface area (Å²) in [7, 11) is 0. The van der Waals surface area contributed by atoms with Crippen LogP contribution in [0.4, 0.5) is 9.80 Å². The molecular formula is C12H16N2O4S. The summed E-state index contributed by atoms with van der Waals surface area (Å²) in [5.41, 5.74) is 0.818. The summed E-state index contributed by atoms with van der Waals surface area (Å²) in [6, 6.07) is -0.467. The second-order valence-corrected chi connectivity index (χ2v) is 5.94. The van der Waals surface area contributed by atoms with E-state index in [9.17, 15) is 9.59 Å². The number of carboxylic acid groups (broad SMARTS) is 1. The molecule has 7 heteroatoms. The number of hydrogen-bond acceptors (Lipinski definition) is 4. The third-order valence-electron chi connectivity index (χ3n) is 3.27. The van der Waals surface area contributed by atoms with Crippen LogP contribution in [0.3, 0.4) is 0 Å². The molecule has 4 N–H and O–H groups in total. The predicted octanol–water partition coefficient (Wildman–Crippen LogP) is 1.71. The van der Waals surface area contributed by atoms with Crippen molar-refractivity contribution < 1.29 is 19.8 Å². The van der Waals surface area contributed by atoms with E-state index in [1.54, 1.807) is 6.92 Å². The monoisotopic (exact) mass is 284 g/mol. The molecule has 1 aliphatic carbocycles. The molecule has 2 amide bonds. The first-order valence-electron chi connectivity index (χ1n) is 5.97. The highest BCUT2D eigenvalue weighted by Crippen LogP contribution is 2.32. The molecule has 1 aliphatic rings. The van der Waals surface area contributed by atoms with Gasteiger partial charge in [-0.1, -0.05) is 0 Å². The van der Waals surface area contributed by atoms with Gasteiger partial charge in [0.2, 0.25) is 0 Å². The predicted molar refractivity (Wildman–Crippen MR) is 71.9 cm³/mol. The van der Waals surface area contributed by atoms with Crippen LogP contribution in [-0.2, 0) is 0 Å². The number of aryl methyl sites for hydroxylation is 1. The maximum atomic E-state index is 11.7. The number of hydrogen-bond donors (Lipinski definition) is 4. The normalized spacial score (nSPS) is 21.6. The summed E-state index contributed by atoms with van der Waals surface area (Å²) in [6.45, 7) is 3.54. The van der Waals surface area contributed by atoms with Gasteiger partial charge in [-0.2, -0.15) is 0 Å². The zero-order valence-corrected chi connectivity index (χ0v) is 11.5. The number of aliphatic hydroxyl groups is 1. The second kappa shape index (κ2) is 5.18. The maximum Gasteiger partial charge on any atom is 0.338 e. The Morgan fingerprint density at radius 1 is 1.32 bits per heavy atom. The number of aliphatic hydroxyl groups excluding tert-OH is 1. The second-order valence-electron chi connectivity index (χ2n) is 4.71. The number of amides is 2. The molecule has 19 heavy (non-hydrogen) atoms. The fourth-order valence-corrected chi connectivity index (χ4v) is 3.05. The Hall–Kier alpha value is -1.60. The molecule has 1 aromatic rings. The van der Waals surface area contributed by atoms with Gasteiger partial charge in [0, 0.05) is 10.9 Å². The number of carboxylic acids is 1. The fraction of sp³-hybridized carbons (Fsp3) is 0.500. The summed E-state index contributed by atoms with van der Waals surface area (Å²) < 4.78 is 0. The zero-order chi connectivity index (χ0) is 14.2. The van der Waals surface area contributed by atoms with Crippen molar-refractivity contribution >= 4 is 28.3 Å². The zero-order valence-electron chi connectivity index (χ0n) is 10.7. The molecule has 1 aromatic heterocycles. The van der Waals surface area contributed by atoms with Crippen LogP contribution in [0, 0.1) is 13.8 Å². The minimum atomic E-state index is -1.05. The molecule has 1 heterocycles. The average Bonchev–Trinajstić information content (AvgIpc) is 2.52. The van der Waals surface area contributed by atoms with Crippen molar-refractivity contribution in [2.75, 3.05) is 5.32 Å². The van der Waals surface area contributed by atoms with Crippen LogP contribution in [0.1, 0.15) is 33.6 Å². The van der Waals surface area contributed by atoms with Crippen LogP contribution in [0.15, 0.2) is 0 Å². The molecule has 0 saturated heterocycles. The Morgan fingerprint density at radius 3 is 2.47 bits per heavy atom. The van der Waals surface area contributed by atoms with Gasteiger partial charge in [-0.15, -0.1) is 11.3 Å². The first kappa shape index (κ1) is 13.8. The van der Waals surface area contributed by atoms with Crippen LogP contribution < -0.4 is 10.6 Å². The standard InChI is InChI=1S/C12H16N2O4S/c1-5-6(2)19-10(9(5)11(16)17)14-12(18)13-7-3-8(15)4-7/h7-8,15H,3-4H2,1-2H3,(H,16,17)(H2,13,14,18). The smallest absolute Gasteiger partial charge is 0.338 e. The molecule has 6 nitrogen and oxygen atoms in total. The van der Waals surface area contributed by atoms with E-state index in [1.165, 1.54) is 11.3 Å². The maximum absolute atomic E-state index is 11.7. The van der Waals surface area contributed by atoms with E-state index in [-0.39, 0.29) is 17.7 Å². The highest BCUT2D eigenvalue weighted by atomic mass is 32.1. The molecule has 0 atom stereocenters. The van der Waals surface area contributed by atoms with Crippen LogP contribution >= 0.6 is 11.3 Å². The number of aromatic carboxylic acids is 1. The SMILES string of the molecule is Cc1sc(NC(=O)NC2CC(O)C2)c(C(=O)O)c1C. The third kappa shape index (κ3) is 2.87. The molecule has 0 radical (unpaired) electrons. The summed E-state index contributed by atoms with van der Waals surface area (Å²) in [5, 5.41) is 23.9. The van der Waals surface area contributed by atoms with E-state index in [2.05, 4.69) is 10.6 Å². The summed E-state index contributed by atoms with van der Waals surface area (Å²) in [4.78, 5) is 23.8. The quantitative estimate of drug-likeness (QED) is 0.679. The van der Waals surface area contributed by atoms with Gasteiger partial charge in [0.15, 0.2) is 0 Å². The molecule has 1 saturated carbocycles. The molecule has 0 aliphatic heterocycles. The van der Waals surface area contributed by atoms with E-state index in [1.807, 2.05) is 6.92 Å². The summed E-state index contributed by atoms with van der Waals surface area (Å²) in [6.07, 6.45) is 0.745. The lowest BCUT2D eigenvalue weighted by molar-refractivity contribution is 0.0670. The minimum Gasteiger partial charge on any atom is -0.478 e. The lowest BCUT2D eigenvalue weighted by Gasteiger charge is -2.31. The lowest BCUT2D eigenvalue weighted by Crippen LogP contribution is -2.48. The minimum absolute atomic E-state index is 0.0366. The number of rotatable bonds is 3. The van der Waals surface area contributed by atoms with Gasteiger partial charge < -0.3 is 15.5 Å². The van der Waals surface area contributed by atoms with E-state index in [0.717, 1.165) is 4.88 Å². The summed E-state index contributed by atoms with van der Waals surface area (Å²) in [5.74, 6) is -1.05. The van der Waals surface area contributed by atoms with E-state index in [4.69, 9.17) is 10.2 Å². The molecule has 2 rings (SSSR count). The molecule has 1 fully saturated rings. The number of urea groups is 1. The first-order valence-corrected chi connectivity index (χ1v) is 6.79. The molecular weight excluding hydrogens is 268 g/mol. The fourth-order valence-electron chi connectivity index (χ4n) is 2.00. The first-order chi connectivity index (χ1) is 8.88. The number of anilines is 1. The molecule has 0 bridgehead atoms. The Morgan fingerprint density at radius 2 is 1.95 bits per heavy atom. The lowest BCUT2D eigenvalue weighted by atomic mass is 9.90. The van der Waals surface area contributed by atoms with Crippen molar-refractivity contribution in [3.63, 3.8) is 0 Å². The van der Waals surface area contributed by atoms with Crippen molar-refractivity contribution in [2.24, 2.45) is 0 Å². The van der Waals surface area contributed by atoms with Crippen molar-refractivity contribution in [2.45, 2.75) is 38.8 Å². The van der Waals surface area contributed by atoms with Gasteiger partial charge in [0.05, 0.1) is 11.7 Å². The molecule has 0 aromatic carbocycles. The van der Waals surface area contributed by atoms with Gasteiger partial charge in [0.25, 0.3) is 0 Å². The van der Waals surface area contributed by atoms with Gasteiger partial charge >= 0.3 is 12.0 Å². The van der Waals surface area contributed by atoms with Gasteiger partial charge in [-0.25, -0.2) is 9.59 Å². The van der Waals surface area contributed by atoms with Crippen LogP contribution in [0.25, 0.3) is 0 Å². The Bertz CT molecular complexity index is 520. The van der Waals surface area contributed by atoms with Crippen molar-refractivity contribution in [3.05, 3.63) is 16.0 Å². The number of carbonyl (C=O) groups excluding carboxylic acids is 1. The number of thiophene rings is 1. The summed E-state index contributed by atoms with van der Waals surface area (Å²) >= 11 is 1.25. The van der Waals surface area contributed by atoms with Crippen molar-refractivity contribution in [3.8, 4) is 0 Å². The van der Waals surface area contributed by atoms with Crippen LogP contribution in [0.5, 0.6) is 0 Å². The van der Waals surface area contributed by atoms with Crippen molar-refractivity contribution in [1.29, 1.82) is 0 Å². The Kier molecular flexibility index (Phi) is 3.77. The molecule has 0 unspecified atom stereocenters. The van der Waals surface area contributed by atoms with Gasteiger partial charge in [0.1, 0.15) is 5.00 Å². The number of nitrogens with one attached hydrogen (secondary N) is 2. The molecule has 0 spiro atoms. The Balaban J connectivity index is 2.04. The van der Waals surface area contributed by atoms with Crippen molar-refractivity contribution in [1.82, 2.24) is 5.32 Å². The van der Waals surface area contributed by atoms with Gasteiger partial charge in [-0.05, 0) is 32.3 Å². The highest BCUT2D eigenvalue weighted by molar-refractivity contribution is 7.16. The van der Waals surface area contributed by atoms with E-state index in [0.29, 0.717) is 23.4 Å². The highest BCUT2D eigenvalue weighted by Gasteiger charge is 2.29. The van der Waals surface area contributed by atoms with Crippen LogP contribution in [0.2, 0.25) is 0 Å². The van der Waals surface area contributed by atoms with Crippen LogP contribution in [-0.4, -0.2) is 34.4 Å². The van der Waals surface area contributed by atoms with E-state index < -0.39 is 12.0 Å². The van der Waals surface area contributed by atoms with Gasteiger partial charge in [-0.3, -0.25) is 5.32 Å². The topological polar surface area (TPSA) is 98.7 Å². The molecule has 104 valence electrons. The third-order valence-corrected chi connectivity index (χ3v) is 4.40. The average molecular weight is 284 g/mol. The largest absolute Gasteiger partial charge is 0.478 e.